The number of hydrogen-bond donors (Lipinski definition) is 3. The Hall–Kier alpha value is -1.97. The minimum atomic E-state index is 0.536. The molecule has 4 heteroatoms. The van der Waals surface area contributed by atoms with Gasteiger partial charge in [-0.15, -0.1) is 0 Å². The second kappa shape index (κ2) is 6.27. The van der Waals surface area contributed by atoms with E-state index in [4.69, 9.17) is 5.73 Å². The molecule has 0 radical (unpaired) electrons. The fourth-order valence-electron chi connectivity index (χ4n) is 2.00. The van der Waals surface area contributed by atoms with Crippen LogP contribution in [0.4, 0.5) is 0 Å². The van der Waals surface area contributed by atoms with Crippen LogP contribution in [0.2, 0.25) is 0 Å². The highest BCUT2D eigenvalue weighted by Crippen LogP contribution is 2.17. The second-order valence-corrected chi connectivity index (χ2v) is 5.16. The minimum Gasteiger partial charge on any atom is -0.370 e. The zero-order chi connectivity index (χ0) is 13.7. The first-order chi connectivity index (χ1) is 9.16. The van der Waals surface area contributed by atoms with E-state index in [1.54, 1.807) is 0 Å². The normalized spacial score (nSPS) is 12.3. The molecule has 0 unspecified atom stereocenters. The van der Waals surface area contributed by atoms with Crippen LogP contribution in [0.15, 0.2) is 35.5 Å². The van der Waals surface area contributed by atoms with Gasteiger partial charge in [-0.25, -0.2) is 0 Å². The van der Waals surface area contributed by atoms with E-state index in [1.165, 1.54) is 16.5 Å². The number of hydrogen-bond acceptors (Lipinski definition) is 1. The van der Waals surface area contributed by atoms with Crippen molar-refractivity contribution in [3.8, 4) is 0 Å². The Kier molecular flexibility index (Phi) is 4.44. The highest BCUT2D eigenvalue weighted by atomic mass is 15.1. The van der Waals surface area contributed by atoms with E-state index in [0.717, 1.165) is 19.5 Å². The largest absolute Gasteiger partial charge is 0.370 e. The van der Waals surface area contributed by atoms with Crippen LogP contribution in [-0.4, -0.2) is 24.0 Å². The second-order valence-electron chi connectivity index (χ2n) is 5.16. The molecule has 1 aromatic heterocycles. The predicted octanol–water partition coefficient (Wildman–Crippen LogP) is 2.27. The Bertz CT molecular complexity index is 554. The molecule has 2 rings (SSSR count). The summed E-state index contributed by atoms with van der Waals surface area (Å²) in [6.45, 7) is 5.83. The lowest BCUT2D eigenvalue weighted by atomic mass is 10.1. The summed E-state index contributed by atoms with van der Waals surface area (Å²) in [5, 5.41) is 4.43. The number of guanidine groups is 1. The number of benzene rings is 1. The van der Waals surface area contributed by atoms with Crippen molar-refractivity contribution in [2.75, 3.05) is 13.1 Å². The lowest BCUT2D eigenvalue weighted by molar-refractivity contribution is 0.661. The van der Waals surface area contributed by atoms with Gasteiger partial charge < -0.3 is 16.0 Å². The van der Waals surface area contributed by atoms with Gasteiger partial charge >= 0.3 is 0 Å². The average Bonchev–Trinajstić information content (AvgIpc) is 2.80. The number of nitrogens with two attached hydrogens (primary N) is 1. The van der Waals surface area contributed by atoms with Crippen molar-refractivity contribution >= 4 is 16.9 Å². The van der Waals surface area contributed by atoms with Crippen LogP contribution in [-0.2, 0) is 6.42 Å². The Balaban J connectivity index is 1.87. The molecule has 0 fully saturated rings. The molecule has 0 amide bonds. The third-order valence-corrected chi connectivity index (χ3v) is 3.00. The van der Waals surface area contributed by atoms with Crippen molar-refractivity contribution < 1.29 is 0 Å². The van der Waals surface area contributed by atoms with Crippen molar-refractivity contribution in [1.82, 2.24) is 10.3 Å². The van der Waals surface area contributed by atoms with E-state index >= 15 is 0 Å². The van der Waals surface area contributed by atoms with Gasteiger partial charge in [-0.1, -0.05) is 32.0 Å². The summed E-state index contributed by atoms with van der Waals surface area (Å²) in [7, 11) is 0. The first-order valence-corrected chi connectivity index (χ1v) is 6.75. The third-order valence-electron chi connectivity index (χ3n) is 3.00. The third kappa shape index (κ3) is 3.74. The summed E-state index contributed by atoms with van der Waals surface area (Å²) in [6, 6.07) is 8.32. The Morgan fingerprint density at radius 3 is 2.95 bits per heavy atom. The van der Waals surface area contributed by atoms with E-state index in [2.05, 4.69) is 53.5 Å². The summed E-state index contributed by atoms with van der Waals surface area (Å²) in [4.78, 5) is 7.56. The minimum absolute atomic E-state index is 0.536. The lowest BCUT2D eigenvalue weighted by Gasteiger charge is -2.06. The quantitative estimate of drug-likeness (QED) is 0.569. The Labute approximate surface area is 114 Å². The van der Waals surface area contributed by atoms with E-state index < -0.39 is 0 Å². The molecular weight excluding hydrogens is 236 g/mol. The van der Waals surface area contributed by atoms with Crippen LogP contribution in [0.1, 0.15) is 19.4 Å². The van der Waals surface area contributed by atoms with Gasteiger partial charge in [0.1, 0.15) is 0 Å². The van der Waals surface area contributed by atoms with Crippen LogP contribution >= 0.6 is 0 Å². The van der Waals surface area contributed by atoms with Gasteiger partial charge in [-0.05, 0) is 24.0 Å². The summed E-state index contributed by atoms with van der Waals surface area (Å²) < 4.78 is 0. The van der Waals surface area contributed by atoms with Crippen LogP contribution in [0, 0.1) is 5.92 Å². The highest BCUT2D eigenvalue weighted by molar-refractivity contribution is 5.83. The molecule has 0 aliphatic heterocycles. The first kappa shape index (κ1) is 13.5. The van der Waals surface area contributed by atoms with Gasteiger partial charge in [0.15, 0.2) is 5.96 Å². The zero-order valence-corrected chi connectivity index (χ0v) is 11.6. The number of rotatable bonds is 5. The molecule has 4 nitrogen and oxygen atoms in total. The number of aliphatic imine (C=N–C) groups is 1. The molecule has 0 atom stereocenters. The van der Waals surface area contributed by atoms with Crippen molar-refractivity contribution in [2.45, 2.75) is 20.3 Å². The Morgan fingerprint density at radius 2 is 2.16 bits per heavy atom. The number of nitrogens with zero attached hydrogens (tertiary/aromatic N) is 1. The molecule has 1 heterocycles. The van der Waals surface area contributed by atoms with Crippen molar-refractivity contribution in [1.29, 1.82) is 0 Å². The van der Waals surface area contributed by atoms with Gasteiger partial charge in [0.05, 0.1) is 0 Å². The van der Waals surface area contributed by atoms with Crippen molar-refractivity contribution in [2.24, 2.45) is 16.6 Å². The summed E-state index contributed by atoms with van der Waals surface area (Å²) in [6.07, 6.45) is 3.00. The van der Waals surface area contributed by atoms with Gasteiger partial charge in [0.25, 0.3) is 0 Å². The zero-order valence-electron chi connectivity index (χ0n) is 11.6. The molecule has 0 saturated carbocycles. The van der Waals surface area contributed by atoms with Crippen molar-refractivity contribution in [3.05, 3.63) is 36.0 Å². The van der Waals surface area contributed by atoms with E-state index in [9.17, 15) is 0 Å². The topological polar surface area (TPSA) is 66.2 Å². The molecule has 0 aliphatic rings. The van der Waals surface area contributed by atoms with E-state index in [1.807, 2.05) is 6.07 Å². The van der Waals surface area contributed by atoms with E-state index in [0.29, 0.717) is 11.9 Å². The number of fused-ring (bicyclic) bond motifs is 1. The molecule has 2 aromatic rings. The van der Waals surface area contributed by atoms with Crippen LogP contribution < -0.4 is 11.1 Å². The fraction of sp³-hybridized carbons (Fsp3) is 0.400. The number of aromatic amines is 1. The smallest absolute Gasteiger partial charge is 0.188 e. The maximum Gasteiger partial charge on any atom is 0.188 e. The molecule has 0 bridgehead atoms. The van der Waals surface area contributed by atoms with E-state index in [-0.39, 0.29) is 0 Å². The molecule has 4 N–H and O–H groups in total. The standard InChI is InChI=1S/C15H22N4/c1-11(2)9-19-15(16)17-8-7-12-10-18-14-6-4-3-5-13(12)14/h3-6,10-11,18H,7-9H2,1-2H3,(H3,16,17,19). The number of aromatic nitrogens is 1. The molecule has 0 spiro atoms. The molecule has 1 aromatic carbocycles. The summed E-state index contributed by atoms with van der Waals surface area (Å²) in [5.74, 6) is 1.07. The number of H-pyrrole nitrogens is 1. The number of para-hydroxylation sites is 1. The van der Waals surface area contributed by atoms with Gasteiger partial charge in [-0.3, -0.25) is 4.99 Å². The number of nitrogens with one attached hydrogen (secondary N) is 2. The van der Waals surface area contributed by atoms with Gasteiger partial charge in [0, 0.05) is 30.2 Å². The maximum absolute atomic E-state index is 5.81. The molecule has 0 aliphatic carbocycles. The lowest BCUT2D eigenvalue weighted by Crippen LogP contribution is -2.33. The molecule has 19 heavy (non-hydrogen) atoms. The average molecular weight is 258 g/mol. The van der Waals surface area contributed by atoms with Crippen LogP contribution in [0.5, 0.6) is 0 Å². The SMILES string of the molecule is CC(C)CN=C(N)NCCc1c[nH]c2ccccc12. The van der Waals surface area contributed by atoms with Crippen LogP contribution in [0.25, 0.3) is 10.9 Å². The first-order valence-electron chi connectivity index (χ1n) is 6.75. The summed E-state index contributed by atoms with van der Waals surface area (Å²) in [5.41, 5.74) is 8.29. The molecular formula is C15H22N4. The summed E-state index contributed by atoms with van der Waals surface area (Å²) >= 11 is 0. The van der Waals surface area contributed by atoms with Gasteiger partial charge in [-0.2, -0.15) is 0 Å². The predicted molar refractivity (Wildman–Crippen MR) is 81.3 cm³/mol. The monoisotopic (exact) mass is 258 g/mol. The van der Waals surface area contributed by atoms with Crippen molar-refractivity contribution in [3.63, 3.8) is 0 Å². The van der Waals surface area contributed by atoms with Gasteiger partial charge in [0.2, 0.25) is 0 Å². The maximum atomic E-state index is 5.81. The highest BCUT2D eigenvalue weighted by Gasteiger charge is 2.02. The fourth-order valence-corrected chi connectivity index (χ4v) is 2.00. The van der Waals surface area contributed by atoms with Crippen LogP contribution in [0.3, 0.4) is 0 Å². The Morgan fingerprint density at radius 1 is 1.37 bits per heavy atom. The molecule has 0 saturated heterocycles. The molecule has 102 valence electrons.